The minimum Gasteiger partial charge on any atom is -0.346 e. The average Bonchev–Trinajstić information content (AvgIpc) is 2.45. The van der Waals surface area contributed by atoms with Gasteiger partial charge in [-0.2, -0.15) is 0 Å². The quantitative estimate of drug-likeness (QED) is 0.879. The number of amides is 1. The van der Waals surface area contributed by atoms with Crippen LogP contribution in [0.3, 0.4) is 0 Å². The number of aromatic nitrogens is 3. The van der Waals surface area contributed by atoms with Crippen molar-refractivity contribution in [1.29, 1.82) is 0 Å². The van der Waals surface area contributed by atoms with E-state index >= 15 is 0 Å². The monoisotopic (exact) mass is 290 g/mol. The fraction of sp³-hybridized carbons (Fsp3) is 0.286. The Balaban J connectivity index is 2.09. The van der Waals surface area contributed by atoms with Gasteiger partial charge in [-0.3, -0.25) is 4.79 Å². The van der Waals surface area contributed by atoms with E-state index in [4.69, 9.17) is 11.6 Å². The van der Waals surface area contributed by atoms with Crippen LogP contribution in [0.5, 0.6) is 0 Å². The second-order valence-corrected chi connectivity index (χ2v) is 5.03. The van der Waals surface area contributed by atoms with E-state index in [-0.39, 0.29) is 11.8 Å². The zero-order valence-electron chi connectivity index (χ0n) is 11.3. The normalized spacial score (nSPS) is 10.6. The van der Waals surface area contributed by atoms with Gasteiger partial charge in [0.2, 0.25) is 0 Å². The minimum atomic E-state index is -0.199. The van der Waals surface area contributed by atoms with E-state index in [2.05, 4.69) is 20.3 Å². The lowest BCUT2D eigenvalue weighted by molar-refractivity contribution is 0.0950. The highest BCUT2D eigenvalue weighted by Crippen LogP contribution is 2.17. The summed E-state index contributed by atoms with van der Waals surface area (Å²) in [5.41, 5.74) is 2.05. The summed E-state index contributed by atoms with van der Waals surface area (Å²) < 4.78 is 0. The van der Waals surface area contributed by atoms with E-state index in [1.54, 1.807) is 24.4 Å². The molecule has 2 aromatic rings. The Morgan fingerprint density at radius 2 is 2.20 bits per heavy atom. The summed E-state index contributed by atoms with van der Waals surface area (Å²) in [5, 5.41) is 3.12. The van der Waals surface area contributed by atoms with Gasteiger partial charge in [-0.15, -0.1) is 0 Å². The van der Waals surface area contributed by atoms with Crippen molar-refractivity contribution < 1.29 is 4.79 Å². The predicted molar refractivity (Wildman–Crippen MR) is 76.5 cm³/mol. The fourth-order valence-corrected chi connectivity index (χ4v) is 1.85. The molecule has 0 unspecified atom stereocenters. The number of hydrogen-bond acceptors (Lipinski definition) is 4. The lowest BCUT2D eigenvalue weighted by atomic mass is 10.1. The molecule has 1 N–H and O–H groups in total. The molecule has 0 spiro atoms. The zero-order valence-corrected chi connectivity index (χ0v) is 12.1. The van der Waals surface area contributed by atoms with Crippen molar-refractivity contribution in [1.82, 2.24) is 20.3 Å². The molecular formula is C14H15ClN4O. The first-order valence-corrected chi connectivity index (χ1v) is 6.64. The number of carbonyl (C=O) groups is 1. The van der Waals surface area contributed by atoms with Crippen LogP contribution in [-0.2, 0) is 6.54 Å². The van der Waals surface area contributed by atoms with Gasteiger partial charge in [0.15, 0.2) is 0 Å². The number of rotatable bonds is 4. The van der Waals surface area contributed by atoms with Gasteiger partial charge >= 0.3 is 0 Å². The summed E-state index contributed by atoms with van der Waals surface area (Å²) in [6.45, 7) is 4.35. The van der Waals surface area contributed by atoms with Crippen LogP contribution in [0.2, 0.25) is 5.15 Å². The molecule has 0 aromatic carbocycles. The van der Waals surface area contributed by atoms with Crippen molar-refractivity contribution in [3.8, 4) is 0 Å². The lowest BCUT2D eigenvalue weighted by Gasteiger charge is -2.09. The molecule has 0 aliphatic rings. The highest BCUT2D eigenvalue weighted by molar-refractivity contribution is 6.29. The highest BCUT2D eigenvalue weighted by Gasteiger charge is 2.11. The molecular weight excluding hydrogens is 276 g/mol. The van der Waals surface area contributed by atoms with E-state index in [1.807, 2.05) is 13.8 Å². The molecule has 0 fully saturated rings. The molecule has 2 aromatic heterocycles. The maximum Gasteiger partial charge on any atom is 0.251 e. The Labute approximate surface area is 122 Å². The molecule has 5 nitrogen and oxygen atoms in total. The fourth-order valence-electron chi connectivity index (χ4n) is 1.64. The predicted octanol–water partition coefficient (Wildman–Crippen LogP) is 2.58. The molecule has 0 aliphatic carbocycles. The van der Waals surface area contributed by atoms with Gasteiger partial charge in [0, 0.05) is 17.5 Å². The first-order chi connectivity index (χ1) is 9.56. The van der Waals surface area contributed by atoms with Crippen molar-refractivity contribution in [2.45, 2.75) is 26.3 Å². The van der Waals surface area contributed by atoms with Gasteiger partial charge in [-0.05, 0) is 24.1 Å². The van der Waals surface area contributed by atoms with E-state index in [0.717, 1.165) is 11.4 Å². The molecule has 0 bridgehead atoms. The molecule has 6 heteroatoms. The SMILES string of the molecule is CC(C)c1cc(C(=O)NCc2ccncn2)cc(Cl)n1. The van der Waals surface area contributed by atoms with Crippen LogP contribution >= 0.6 is 11.6 Å². The largest absolute Gasteiger partial charge is 0.346 e. The van der Waals surface area contributed by atoms with E-state index in [0.29, 0.717) is 17.3 Å². The topological polar surface area (TPSA) is 67.8 Å². The average molecular weight is 291 g/mol. The molecule has 1 amide bonds. The molecule has 0 aliphatic heterocycles. The molecule has 0 saturated heterocycles. The molecule has 2 rings (SSSR count). The molecule has 0 saturated carbocycles. The maximum atomic E-state index is 12.1. The van der Waals surface area contributed by atoms with Gasteiger partial charge in [-0.25, -0.2) is 15.0 Å². The van der Waals surface area contributed by atoms with Crippen LogP contribution in [0, 0.1) is 0 Å². The Morgan fingerprint density at radius 3 is 2.85 bits per heavy atom. The van der Waals surface area contributed by atoms with Gasteiger partial charge in [-0.1, -0.05) is 25.4 Å². The highest BCUT2D eigenvalue weighted by atomic mass is 35.5. The number of halogens is 1. The molecule has 104 valence electrons. The van der Waals surface area contributed by atoms with Crippen molar-refractivity contribution >= 4 is 17.5 Å². The molecule has 2 heterocycles. The summed E-state index contributed by atoms with van der Waals surface area (Å²) in [6.07, 6.45) is 3.08. The first kappa shape index (κ1) is 14.4. The van der Waals surface area contributed by atoms with Gasteiger partial charge < -0.3 is 5.32 Å². The van der Waals surface area contributed by atoms with E-state index < -0.39 is 0 Å². The van der Waals surface area contributed by atoms with Crippen molar-refractivity contribution in [2.75, 3.05) is 0 Å². The van der Waals surface area contributed by atoms with Crippen molar-refractivity contribution in [3.05, 3.63) is 52.8 Å². The molecule has 0 atom stereocenters. The Kier molecular flexibility index (Phi) is 4.63. The van der Waals surface area contributed by atoms with Crippen molar-refractivity contribution in [2.24, 2.45) is 0 Å². The third kappa shape index (κ3) is 3.74. The Bertz CT molecular complexity index is 601. The number of nitrogens with one attached hydrogen (secondary N) is 1. The standard InChI is InChI=1S/C14H15ClN4O/c1-9(2)12-5-10(6-13(15)19-12)14(20)17-7-11-3-4-16-8-18-11/h3-6,8-9H,7H2,1-2H3,(H,17,20). The van der Waals surface area contributed by atoms with Crippen molar-refractivity contribution in [3.63, 3.8) is 0 Å². The smallest absolute Gasteiger partial charge is 0.251 e. The van der Waals surface area contributed by atoms with Crippen LogP contribution in [0.25, 0.3) is 0 Å². The summed E-state index contributed by atoms with van der Waals surface area (Å²) >= 11 is 5.94. The summed E-state index contributed by atoms with van der Waals surface area (Å²) in [5.74, 6) is 0.0110. The molecule has 0 radical (unpaired) electrons. The van der Waals surface area contributed by atoms with Crippen LogP contribution in [0.1, 0.15) is 41.5 Å². The van der Waals surface area contributed by atoms with E-state index in [9.17, 15) is 4.79 Å². The second-order valence-electron chi connectivity index (χ2n) is 4.64. The Hall–Kier alpha value is -2.01. The third-order valence-electron chi connectivity index (χ3n) is 2.74. The van der Waals surface area contributed by atoms with Crippen LogP contribution in [-0.4, -0.2) is 20.9 Å². The zero-order chi connectivity index (χ0) is 14.5. The van der Waals surface area contributed by atoms with Crippen LogP contribution in [0.15, 0.2) is 30.7 Å². The van der Waals surface area contributed by atoms with Gasteiger partial charge in [0.05, 0.1) is 12.2 Å². The van der Waals surface area contributed by atoms with Gasteiger partial charge in [0.1, 0.15) is 11.5 Å². The summed E-state index contributed by atoms with van der Waals surface area (Å²) in [6, 6.07) is 5.06. The number of carbonyl (C=O) groups excluding carboxylic acids is 1. The second kappa shape index (κ2) is 6.43. The number of nitrogens with zero attached hydrogens (tertiary/aromatic N) is 3. The first-order valence-electron chi connectivity index (χ1n) is 6.27. The van der Waals surface area contributed by atoms with Gasteiger partial charge in [0.25, 0.3) is 5.91 Å². The summed E-state index contributed by atoms with van der Waals surface area (Å²) in [4.78, 5) is 24.2. The maximum absolute atomic E-state index is 12.1. The van der Waals surface area contributed by atoms with Crippen LogP contribution < -0.4 is 5.32 Å². The van der Waals surface area contributed by atoms with Crippen LogP contribution in [0.4, 0.5) is 0 Å². The lowest BCUT2D eigenvalue weighted by Crippen LogP contribution is -2.23. The van der Waals surface area contributed by atoms with E-state index in [1.165, 1.54) is 6.33 Å². The number of pyridine rings is 1. The number of hydrogen-bond donors (Lipinski definition) is 1. The third-order valence-corrected chi connectivity index (χ3v) is 2.93. The Morgan fingerprint density at radius 1 is 1.40 bits per heavy atom. The minimum absolute atomic E-state index is 0.199. The summed E-state index contributed by atoms with van der Waals surface area (Å²) in [7, 11) is 0. The molecule has 20 heavy (non-hydrogen) atoms.